The summed E-state index contributed by atoms with van der Waals surface area (Å²) in [4.78, 5) is 18.3. The van der Waals surface area contributed by atoms with Crippen LogP contribution in [0.5, 0.6) is 0 Å². The predicted octanol–water partition coefficient (Wildman–Crippen LogP) is 3.86. The van der Waals surface area contributed by atoms with Crippen LogP contribution in [0, 0.1) is 0 Å². The Hall–Kier alpha value is -2.82. The molecule has 0 saturated carbocycles. The minimum Gasteiger partial charge on any atom is -0.370 e. The Balaban J connectivity index is 1.66. The summed E-state index contributed by atoms with van der Waals surface area (Å²) in [6.07, 6.45) is 1.61. The highest BCUT2D eigenvalue weighted by molar-refractivity contribution is 5.92. The van der Waals surface area contributed by atoms with Gasteiger partial charge in [0.1, 0.15) is 0 Å². The van der Waals surface area contributed by atoms with Crippen molar-refractivity contribution in [3.05, 3.63) is 65.2 Å². The van der Waals surface area contributed by atoms with Crippen LogP contribution in [0.15, 0.2) is 53.5 Å². The Labute approximate surface area is 161 Å². The lowest BCUT2D eigenvalue weighted by Crippen LogP contribution is -2.25. The molecule has 1 aliphatic rings. The summed E-state index contributed by atoms with van der Waals surface area (Å²) < 4.78 is 0. The first-order chi connectivity index (χ1) is 13.0. The van der Waals surface area contributed by atoms with Gasteiger partial charge in [0.05, 0.1) is 6.54 Å². The van der Waals surface area contributed by atoms with E-state index in [0.717, 1.165) is 29.8 Å². The molecule has 1 fully saturated rings. The second-order valence-electron chi connectivity index (χ2n) is 7.29. The molecule has 3 N–H and O–H groups in total. The summed E-state index contributed by atoms with van der Waals surface area (Å²) in [5.41, 5.74) is 10.5. The average molecular weight is 364 g/mol. The molecule has 2 aromatic rings. The van der Waals surface area contributed by atoms with Crippen molar-refractivity contribution in [3.63, 3.8) is 0 Å². The Morgan fingerprint density at radius 1 is 1.19 bits per heavy atom. The molecule has 5 nitrogen and oxygen atoms in total. The van der Waals surface area contributed by atoms with Crippen molar-refractivity contribution < 1.29 is 4.79 Å². The van der Waals surface area contributed by atoms with E-state index in [2.05, 4.69) is 42.4 Å². The third-order valence-corrected chi connectivity index (χ3v) is 4.90. The second-order valence-corrected chi connectivity index (χ2v) is 7.29. The Morgan fingerprint density at radius 3 is 2.67 bits per heavy atom. The number of aliphatic imine (C=N–C) groups is 1. The van der Waals surface area contributed by atoms with E-state index in [1.165, 1.54) is 5.56 Å². The van der Waals surface area contributed by atoms with Gasteiger partial charge in [-0.05, 0) is 41.2 Å². The zero-order valence-electron chi connectivity index (χ0n) is 16.1. The number of carbonyl (C=O) groups is 1. The van der Waals surface area contributed by atoms with Crippen LogP contribution in [0.25, 0.3) is 0 Å². The van der Waals surface area contributed by atoms with Crippen molar-refractivity contribution in [2.24, 2.45) is 10.7 Å². The van der Waals surface area contributed by atoms with Crippen molar-refractivity contribution in [1.82, 2.24) is 4.90 Å². The third kappa shape index (κ3) is 5.09. The van der Waals surface area contributed by atoms with Crippen LogP contribution in [0.4, 0.5) is 5.69 Å². The number of nitrogens with one attached hydrogen (secondary N) is 1. The standard InChI is InChI=1S/C22H28N4O/c1-16(2)17-9-5-10-20(13-17)25-22(23)24-14-18-7-3-4-8-19(18)15-26-12-6-11-21(26)27/h3-5,7-10,13,16H,6,11-12,14-15H2,1-2H3,(H3,23,24,25). The molecule has 0 aromatic heterocycles. The first-order valence-electron chi connectivity index (χ1n) is 9.54. The molecule has 0 aliphatic carbocycles. The molecule has 1 saturated heterocycles. The third-order valence-electron chi connectivity index (χ3n) is 4.90. The van der Waals surface area contributed by atoms with E-state index in [1.54, 1.807) is 0 Å². The first-order valence-corrected chi connectivity index (χ1v) is 9.54. The summed E-state index contributed by atoms with van der Waals surface area (Å²) in [6, 6.07) is 16.3. The van der Waals surface area contributed by atoms with Gasteiger partial charge in [-0.2, -0.15) is 0 Å². The van der Waals surface area contributed by atoms with Gasteiger partial charge in [0, 0.05) is 25.2 Å². The van der Waals surface area contributed by atoms with Gasteiger partial charge >= 0.3 is 0 Å². The molecule has 1 aliphatic heterocycles. The Kier molecular flexibility index (Phi) is 6.12. The molecule has 0 bridgehead atoms. The molecule has 27 heavy (non-hydrogen) atoms. The average Bonchev–Trinajstić information content (AvgIpc) is 3.06. The highest BCUT2D eigenvalue weighted by atomic mass is 16.2. The number of guanidine groups is 1. The van der Waals surface area contributed by atoms with E-state index in [1.807, 2.05) is 35.2 Å². The summed E-state index contributed by atoms with van der Waals surface area (Å²) >= 11 is 0. The van der Waals surface area contributed by atoms with Gasteiger partial charge in [0.15, 0.2) is 5.96 Å². The number of anilines is 1. The summed E-state index contributed by atoms with van der Waals surface area (Å²) in [6.45, 7) is 6.30. The largest absolute Gasteiger partial charge is 0.370 e. The molecule has 3 rings (SSSR count). The topological polar surface area (TPSA) is 70.7 Å². The van der Waals surface area contributed by atoms with E-state index in [0.29, 0.717) is 31.4 Å². The van der Waals surface area contributed by atoms with Crippen molar-refractivity contribution in [3.8, 4) is 0 Å². The lowest BCUT2D eigenvalue weighted by atomic mass is 10.0. The van der Waals surface area contributed by atoms with Crippen LogP contribution in [-0.2, 0) is 17.9 Å². The minimum absolute atomic E-state index is 0.236. The van der Waals surface area contributed by atoms with E-state index in [-0.39, 0.29) is 5.91 Å². The maximum absolute atomic E-state index is 11.9. The van der Waals surface area contributed by atoms with E-state index in [9.17, 15) is 4.79 Å². The van der Waals surface area contributed by atoms with E-state index < -0.39 is 0 Å². The molecule has 2 aromatic carbocycles. The second kappa shape index (κ2) is 8.71. The van der Waals surface area contributed by atoms with Crippen LogP contribution in [0.2, 0.25) is 0 Å². The van der Waals surface area contributed by atoms with Gasteiger partial charge in [0.25, 0.3) is 0 Å². The first kappa shape index (κ1) is 19.0. The van der Waals surface area contributed by atoms with Crippen molar-refractivity contribution in [2.45, 2.75) is 45.7 Å². The van der Waals surface area contributed by atoms with Crippen molar-refractivity contribution in [2.75, 3.05) is 11.9 Å². The summed E-state index contributed by atoms with van der Waals surface area (Å²) in [5.74, 6) is 1.09. The fraction of sp³-hybridized carbons (Fsp3) is 0.364. The number of amides is 1. The highest BCUT2D eigenvalue weighted by Crippen LogP contribution is 2.19. The molecule has 0 unspecified atom stereocenters. The van der Waals surface area contributed by atoms with Crippen LogP contribution in [0.1, 0.15) is 49.3 Å². The molecule has 5 heteroatoms. The normalized spacial score (nSPS) is 14.9. The molecule has 1 heterocycles. The smallest absolute Gasteiger partial charge is 0.222 e. The fourth-order valence-electron chi connectivity index (χ4n) is 3.28. The predicted molar refractivity (Wildman–Crippen MR) is 111 cm³/mol. The van der Waals surface area contributed by atoms with E-state index >= 15 is 0 Å². The zero-order chi connectivity index (χ0) is 19.2. The SMILES string of the molecule is CC(C)c1cccc(NC(N)=NCc2ccccc2CN2CCCC2=O)c1. The molecule has 0 spiro atoms. The van der Waals surface area contributed by atoms with Crippen LogP contribution in [0.3, 0.4) is 0 Å². The van der Waals surface area contributed by atoms with Gasteiger partial charge in [-0.1, -0.05) is 50.2 Å². The number of benzene rings is 2. The quantitative estimate of drug-likeness (QED) is 0.604. The van der Waals surface area contributed by atoms with Gasteiger partial charge in [-0.3, -0.25) is 4.79 Å². The summed E-state index contributed by atoms with van der Waals surface area (Å²) in [5, 5.41) is 3.17. The molecule has 1 amide bonds. The molecular formula is C22H28N4O. The Bertz CT molecular complexity index is 829. The molecule has 142 valence electrons. The van der Waals surface area contributed by atoms with Crippen molar-refractivity contribution >= 4 is 17.6 Å². The Morgan fingerprint density at radius 2 is 1.96 bits per heavy atom. The van der Waals surface area contributed by atoms with E-state index in [4.69, 9.17) is 5.73 Å². The fourth-order valence-corrected chi connectivity index (χ4v) is 3.28. The van der Waals surface area contributed by atoms with Gasteiger partial charge < -0.3 is 16.0 Å². The van der Waals surface area contributed by atoms with Crippen molar-refractivity contribution in [1.29, 1.82) is 0 Å². The van der Waals surface area contributed by atoms with Gasteiger partial charge in [-0.15, -0.1) is 0 Å². The monoisotopic (exact) mass is 364 g/mol. The van der Waals surface area contributed by atoms with Crippen LogP contribution in [-0.4, -0.2) is 23.3 Å². The number of hydrogen-bond acceptors (Lipinski definition) is 2. The highest BCUT2D eigenvalue weighted by Gasteiger charge is 2.20. The zero-order valence-corrected chi connectivity index (χ0v) is 16.1. The number of nitrogens with two attached hydrogens (primary N) is 1. The lowest BCUT2D eigenvalue weighted by Gasteiger charge is -2.17. The number of likely N-dealkylation sites (tertiary alicyclic amines) is 1. The molecule has 0 atom stereocenters. The van der Waals surface area contributed by atoms with Crippen LogP contribution >= 0.6 is 0 Å². The number of hydrogen-bond donors (Lipinski definition) is 2. The maximum atomic E-state index is 11.9. The maximum Gasteiger partial charge on any atom is 0.222 e. The number of rotatable bonds is 6. The molecular weight excluding hydrogens is 336 g/mol. The lowest BCUT2D eigenvalue weighted by molar-refractivity contribution is -0.128. The molecule has 0 radical (unpaired) electrons. The minimum atomic E-state index is 0.236. The number of carbonyl (C=O) groups excluding carboxylic acids is 1. The van der Waals surface area contributed by atoms with Gasteiger partial charge in [0.2, 0.25) is 5.91 Å². The van der Waals surface area contributed by atoms with Gasteiger partial charge in [-0.25, -0.2) is 4.99 Å². The summed E-state index contributed by atoms with van der Waals surface area (Å²) in [7, 11) is 0. The number of nitrogens with zero attached hydrogens (tertiary/aromatic N) is 2. The van der Waals surface area contributed by atoms with Crippen LogP contribution < -0.4 is 11.1 Å².